The highest BCUT2D eigenvalue weighted by molar-refractivity contribution is 5.67. The van der Waals surface area contributed by atoms with E-state index >= 15 is 0 Å². The summed E-state index contributed by atoms with van der Waals surface area (Å²) in [5, 5.41) is 8.58. The van der Waals surface area contributed by atoms with Crippen LogP contribution in [0, 0.1) is 0 Å². The highest BCUT2D eigenvalue weighted by Crippen LogP contribution is 2.37. The number of methoxy groups -OCH3 is 2. The number of rotatable bonds is 5. The summed E-state index contributed by atoms with van der Waals surface area (Å²) in [6.07, 6.45) is 0. The molecule has 23 heavy (non-hydrogen) atoms. The van der Waals surface area contributed by atoms with E-state index in [2.05, 4.69) is 37.4 Å². The Labute approximate surface area is 136 Å². The summed E-state index contributed by atoms with van der Waals surface area (Å²) in [4.78, 5) is 0. The molecule has 0 radical (unpaired) electrons. The van der Waals surface area contributed by atoms with Crippen LogP contribution in [0.1, 0.15) is 0 Å². The number of nitrogen functional groups attached to an aromatic ring is 1. The quantitative estimate of drug-likeness (QED) is 0.517. The third kappa shape index (κ3) is 3.98. The summed E-state index contributed by atoms with van der Waals surface area (Å²) in [5.41, 5.74) is 8.85. The molecule has 0 fully saturated rings. The Morgan fingerprint density at radius 1 is 0.913 bits per heavy atom. The van der Waals surface area contributed by atoms with Crippen LogP contribution in [0.2, 0.25) is 0 Å². The maximum atomic E-state index is 5.87. The lowest BCUT2D eigenvalue weighted by Gasteiger charge is -2.23. The van der Waals surface area contributed by atoms with Gasteiger partial charge in [-0.25, -0.2) is 0 Å². The summed E-state index contributed by atoms with van der Waals surface area (Å²) in [7, 11) is 9.43. The lowest BCUT2D eigenvalue weighted by molar-refractivity contribution is 0.406. The largest absolute Gasteiger partial charge is 0.495 e. The van der Waals surface area contributed by atoms with Gasteiger partial charge in [0.15, 0.2) is 0 Å². The zero-order chi connectivity index (χ0) is 17.0. The van der Waals surface area contributed by atoms with Gasteiger partial charge in [0.1, 0.15) is 22.9 Å². The minimum Gasteiger partial charge on any atom is -0.495 e. The van der Waals surface area contributed by atoms with E-state index in [4.69, 9.17) is 15.2 Å². The second kappa shape index (κ2) is 6.66. The fourth-order valence-electron chi connectivity index (χ4n) is 2.07. The molecule has 0 aromatic heterocycles. The van der Waals surface area contributed by atoms with Crippen LogP contribution in [-0.4, -0.2) is 35.4 Å². The van der Waals surface area contributed by atoms with Gasteiger partial charge in [-0.3, -0.25) is 4.48 Å². The number of ether oxygens (including phenoxy) is 2. The van der Waals surface area contributed by atoms with Crippen molar-refractivity contribution in [3.63, 3.8) is 0 Å². The molecule has 2 aromatic rings. The zero-order valence-corrected chi connectivity index (χ0v) is 14.2. The van der Waals surface area contributed by atoms with Crippen LogP contribution in [0.4, 0.5) is 22.7 Å². The van der Waals surface area contributed by atoms with Crippen LogP contribution in [0.15, 0.2) is 46.6 Å². The van der Waals surface area contributed by atoms with Gasteiger partial charge in [0.05, 0.1) is 46.7 Å². The number of hydrogen-bond acceptors (Lipinski definition) is 5. The smallest absolute Gasteiger partial charge is 0.148 e. The molecule has 122 valence electrons. The van der Waals surface area contributed by atoms with Crippen LogP contribution in [-0.2, 0) is 0 Å². The Morgan fingerprint density at radius 3 is 2.22 bits per heavy atom. The van der Waals surface area contributed by atoms with Crippen molar-refractivity contribution in [3.05, 3.63) is 36.4 Å². The Hall–Kier alpha value is -2.60. The van der Waals surface area contributed by atoms with Gasteiger partial charge in [-0.05, 0) is 12.1 Å². The summed E-state index contributed by atoms with van der Waals surface area (Å²) >= 11 is 0. The third-order valence-electron chi connectivity index (χ3n) is 3.41. The monoisotopic (exact) mass is 315 g/mol. The molecule has 2 aromatic carbocycles. The average Bonchev–Trinajstić information content (AvgIpc) is 2.52. The first-order valence-corrected chi connectivity index (χ1v) is 7.20. The number of nitrogens with two attached hydrogens (primary N) is 1. The van der Waals surface area contributed by atoms with E-state index < -0.39 is 0 Å². The minimum atomic E-state index is 0.496. The number of benzene rings is 2. The van der Waals surface area contributed by atoms with Crippen molar-refractivity contribution in [2.24, 2.45) is 10.2 Å². The minimum absolute atomic E-state index is 0.496. The lowest BCUT2D eigenvalue weighted by atomic mass is 10.2. The van der Waals surface area contributed by atoms with Crippen LogP contribution in [0.3, 0.4) is 0 Å². The molecule has 0 amide bonds. The van der Waals surface area contributed by atoms with Crippen LogP contribution in [0.25, 0.3) is 0 Å². The van der Waals surface area contributed by atoms with Gasteiger partial charge in [0.25, 0.3) is 0 Å². The van der Waals surface area contributed by atoms with Crippen LogP contribution < -0.4 is 19.7 Å². The highest BCUT2D eigenvalue weighted by atomic mass is 16.5. The SMILES string of the molecule is COc1cc(/N=N/c2cccc([N+](C)(C)C)c2)c(OC)cc1N. The predicted molar refractivity (Wildman–Crippen MR) is 94.1 cm³/mol. The molecule has 0 aliphatic heterocycles. The molecular weight excluding hydrogens is 292 g/mol. The van der Waals surface area contributed by atoms with E-state index in [0.717, 1.165) is 11.4 Å². The molecule has 0 heterocycles. The van der Waals surface area contributed by atoms with E-state index in [1.807, 2.05) is 18.2 Å². The Balaban J connectivity index is 2.37. The molecule has 0 saturated carbocycles. The maximum Gasteiger partial charge on any atom is 0.148 e. The standard InChI is InChI=1S/C17H23N4O2/c1-21(2,3)13-8-6-7-12(9-13)19-20-15-11-16(22-4)14(18)10-17(15)23-5/h6-11H,18H2,1-5H3/q+1/b20-19+. The summed E-state index contributed by atoms with van der Waals surface area (Å²) in [6, 6.07) is 11.3. The van der Waals surface area contributed by atoms with Gasteiger partial charge in [-0.1, -0.05) is 6.07 Å². The molecule has 0 aliphatic rings. The van der Waals surface area contributed by atoms with Gasteiger partial charge >= 0.3 is 0 Å². The van der Waals surface area contributed by atoms with E-state index in [1.54, 1.807) is 26.4 Å². The molecular formula is C17H23N4O2+. The lowest BCUT2D eigenvalue weighted by Crippen LogP contribution is -2.34. The molecule has 0 spiro atoms. The van der Waals surface area contributed by atoms with Crippen molar-refractivity contribution in [2.75, 3.05) is 41.1 Å². The fourth-order valence-corrected chi connectivity index (χ4v) is 2.07. The van der Waals surface area contributed by atoms with Crippen molar-refractivity contribution in [1.29, 1.82) is 0 Å². The summed E-state index contributed by atoms with van der Waals surface area (Å²) in [5.74, 6) is 1.09. The molecule has 0 saturated heterocycles. The zero-order valence-electron chi connectivity index (χ0n) is 14.2. The molecule has 6 nitrogen and oxygen atoms in total. The molecule has 0 atom stereocenters. The van der Waals surface area contributed by atoms with Gasteiger partial charge in [0.2, 0.25) is 0 Å². The van der Waals surface area contributed by atoms with Crippen molar-refractivity contribution in [1.82, 2.24) is 4.48 Å². The Bertz CT molecular complexity index is 721. The summed E-state index contributed by atoms with van der Waals surface area (Å²) < 4.78 is 11.2. The van der Waals surface area contributed by atoms with Crippen LogP contribution in [0.5, 0.6) is 11.5 Å². The van der Waals surface area contributed by atoms with Crippen LogP contribution >= 0.6 is 0 Å². The Kier molecular flexibility index (Phi) is 4.86. The second-order valence-corrected chi connectivity index (χ2v) is 6.00. The molecule has 0 bridgehead atoms. The van der Waals surface area contributed by atoms with E-state index in [9.17, 15) is 0 Å². The average molecular weight is 315 g/mol. The molecule has 2 rings (SSSR count). The van der Waals surface area contributed by atoms with Gasteiger partial charge in [0, 0.05) is 18.2 Å². The number of anilines is 1. The molecule has 6 heteroatoms. The van der Waals surface area contributed by atoms with Crippen molar-refractivity contribution in [2.45, 2.75) is 0 Å². The van der Waals surface area contributed by atoms with Gasteiger partial charge in [-0.15, -0.1) is 5.11 Å². The van der Waals surface area contributed by atoms with Crippen molar-refractivity contribution < 1.29 is 9.47 Å². The van der Waals surface area contributed by atoms with Gasteiger partial charge in [-0.2, -0.15) is 5.11 Å². The van der Waals surface area contributed by atoms with E-state index in [1.165, 1.54) is 0 Å². The summed E-state index contributed by atoms with van der Waals surface area (Å²) in [6.45, 7) is 0. The van der Waals surface area contributed by atoms with Gasteiger partial charge < -0.3 is 15.2 Å². The first kappa shape index (κ1) is 16.8. The number of azo groups is 1. The number of nitrogens with zero attached hydrogens (tertiary/aromatic N) is 3. The highest BCUT2D eigenvalue weighted by Gasteiger charge is 2.12. The topological polar surface area (TPSA) is 69.2 Å². The molecule has 2 N–H and O–H groups in total. The second-order valence-electron chi connectivity index (χ2n) is 6.00. The Morgan fingerprint density at radius 2 is 1.61 bits per heavy atom. The number of hydrogen-bond donors (Lipinski definition) is 1. The first-order chi connectivity index (χ1) is 10.8. The van der Waals surface area contributed by atoms with E-state index in [0.29, 0.717) is 27.4 Å². The number of quaternary nitrogens is 1. The van der Waals surface area contributed by atoms with Crippen molar-refractivity contribution in [3.8, 4) is 11.5 Å². The van der Waals surface area contributed by atoms with E-state index in [-0.39, 0.29) is 0 Å². The van der Waals surface area contributed by atoms with Crippen molar-refractivity contribution >= 4 is 22.7 Å². The molecule has 0 unspecified atom stereocenters. The fraction of sp³-hybridized carbons (Fsp3) is 0.294. The maximum absolute atomic E-state index is 5.87. The third-order valence-corrected chi connectivity index (χ3v) is 3.41. The normalized spacial score (nSPS) is 11.7. The first-order valence-electron chi connectivity index (χ1n) is 7.20. The molecule has 0 aliphatic carbocycles. The predicted octanol–water partition coefficient (Wildman–Crippen LogP) is 3.90.